The van der Waals surface area contributed by atoms with Gasteiger partial charge in [0.15, 0.2) is 0 Å². The van der Waals surface area contributed by atoms with Crippen LogP contribution < -0.4 is 19.7 Å². The van der Waals surface area contributed by atoms with Crippen molar-refractivity contribution in [2.45, 2.75) is 13.8 Å². The van der Waals surface area contributed by atoms with E-state index in [2.05, 4.69) is 32.0 Å². The van der Waals surface area contributed by atoms with Crippen LogP contribution in [-0.4, -0.2) is 67.7 Å². The Labute approximate surface area is 196 Å². The quantitative estimate of drug-likeness (QED) is 0.575. The summed E-state index contributed by atoms with van der Waals surface area (Å²) >= 11 is 7.74. The highest BCUT2D eigenvalue weighted by Gasteiger charge is 2.25. The number of piperazine rings is 1. The molecule has 10 heteroatoms. The lowest BCUT2D eigenvalue weighted by Gasteiger charge is -2.35. The van der Waals surface area contributed by atoms with Gasteiger partial charge in [0, 0.05) is 38.3 Å². The summed E-state index contributed by atoms with van der Waals surface area (Å²) in [4.78, 5) is 28.3. The summed E-state index contributed by atoms with van der Waals surface area (Å²) in [5.41, 5.74) is 1.26. The van der Waals surface area contributed by atoms with Crippen LogP contribution in [0.15, 0.2) is 18.5 Å². The van der Waals surface area contributed by atoms with Crippen molar-refractivity contribution in [1.29, 1.82) is 0 Å². The number of aryl methyl sites for hydroxylation is 1. The number of nitrogens with zero attached hydrogens (tertiary/aromatic N) is 4. The van der Waals surface area contributed by atoms with Crippen molar-refractivity contribution in [1.82, 2.24) is 14.9 Å². The molecule has 32 heavy (non-hydrogen) atoms. The smallest absolute Gasteiger partial charge is 0.266 e. The number of amides is 1. The predicted molar refractivity (Wildman–Crippen MR) is 129 cm³/mol. The molecule has 0 spiro atoms. The molecule has 1 N–H and O–H groups in total. The number of nitrogens with one attached hydrogen (secondary N) is 1. The Morgan fingerprint density at radius 1 is 1.19 bits per heavy atom. The van der Waals surface area contributed by atoms with Crippen LogP contribution in [-0.2, 0) is 0 Å². The van der Waals surface area contributed by atoms with Crippen LogP contribution >= 0.6 is 22.9 Å². The molecule has 1 fully saturated rings. The largest absolute Gasteiger partial charge is 0.497 e. The van der Waals surface area contributed by atoms with E-state index in [0.29, 0.717) is 27.1 Å². The molecule has 1 aromatic carbocycles. The van der Waals surface area contributed by atoms with Gasteiger partial charge in [0.05, 0.1) is 29.5 Å². The Hall–Kier alpha value is -2.62. The SMILES string of the molecule is CCN1CCN(c2ncnc3sc(C(=O)Nc4c(Cl)cc(OC)cc4OC)c(C)c23)CC1. The van der Waals surface area contributed by atoms with Crippen LogP contribution in [0, 0.1) is 6.92 Å². The first kappa shape index (κ1) is 22.6. The molecular formula is C22H26ClN5O3S. The van der Waals surface area contributed by atoms with Crippen molar-refractivity contribution in [3.8, 4) is 11.5 Å². The van der Waals surface area contributed by atoms with Crippen LogP contribution in [0.1, 0.15) is 22.2 Å². The highest BCUT2D eigenvalue weighted by molar-refractivity contribution is 7.20. The Morgan fingerprint density at radius 2 is 1.94 bits per heavy atom. The number of carbonyl (C=O) groups excluding carboxylic acids is 1. The number of methoxy groups -OCH3 is 2. The maximum atomic E-state index is 13.2. The van der Waals surface area contributed by atoms with Gasteiger partial charge in [0.25, 0.3) is 5.91 Å². The van der Waals surface area contributed by atoms with Gasteiger partial charge in [-0.3, -0.25) is 4.79 Å². The van der Waals surface area contributed by atoms with Crippen LogP contribution in [0.2, 0.25) is 5.02 Å². The molecule has 0 atom stereocenters. The molecule has 0 saturated carbocycles. The van der Waals surface area contributed by atoms with E-state index < -0.39 is 0 Å². The van der Waals surface area contributed by atoms with Crippen LogP contribution in [0.5, 0.6) is 11.5 Å². The van der Waals surface area contributed by atoms with Gasteiger partial charge in [0.2, 0.25) is 0 Å². The minimum absolute atomic E-state index is 0.266. The zero-order valence-corrected chi connectivity index (χ0v) is 20.1. The third-order valence-electron chi connectivity index (χ3n) is 5.75. The van der Waals surface area contributed by atoms with E-state index in [1.165, 1.54) is 18.4 Å². The highest BCUT2D eigenvalue weighted by atomic mass is 35.5. The molecule has 1 aliphatic heterocycles. The average Bonchev–Trinajstić information content (AvgIpc) is 3.17. The van der Waals surface area contributed by atoms with Crippen molar-refractivity contribution in [2.75, 3.05) is 57.2 Å². The third-order valence-corrected chi connectivity index (χ3v) is 7.25. The van der Waals surface area contributed by atoms with E-state index in [9.17, 15) is 4.79 Å². The molecule has 0 unspecified atom stereocenters. The first-order chi connectivity index (χ1) is 15.5. The molecule has 0 radical (unpaired) electrons. The van der Waals surface area contributed by atoms with E-state index in [4.69, 9.17) is 21.1 Å². The van der Waals surface area contributed by atoms with Crippen LogP contribution in [0.3, 0.4) is 0 Å². The first-order valence-corrected chi connectivity index (χ1v) is 11.6. The van der Waals surface area contributed by atoms with Gasteiger partial charge in [-0.25, -0.2) is 9.97 Å². The lowest BCUT2D eigenvalue weighted by atomic mass is 10.1. The molecule has 4 rings (SSSR count). The molecule has 2 aromatic heterocycles. The summed E-state index contributed by atoms with van der Waals surface area (Å²) in [6.07, 6.45) is 1.57. The number of anilines is 2. The van der Waals surface area contributed by atoms with Crippen molar-refractivity contribution in [3.05, 3.63) is 33.9 Å². The zero-order valence-electron chi connectivity index (χ0n) is 18.6. The molecule has 3 heterocycles. The Bertz CT molecular complexity index is 1140. The average molecular weight is 476 g/mol. The van der Waals surface area contributed by atoms with Crippen molar-refractivity contribution in [3.63, 3.8) is 0 Å². The van der Waals surface area contributed by atoms with Gasteiger partial charge in [0.1, 0.15) is 34.2 Å². The number of fused-ring (bicyclic) bond motifs is 1. The second-order valence-electron chi connectivity index (χ2n) is 7.50. The Balaban J connectivity index is 1.66. The third kappa shape index (κ3) is 4.20. The number of rotatable bonds is 6. The fraction of sp³-hybridized carbons (Fsp3) is 0.409. The van der Waals surface area contributed by atoms with Crippen molar-refractivity contribution >= 4 is 50.6 Å². The number of benzene rings is 1. The number of ether oxygens (including phenoxy) is 2. The van der Waals surface area contributed by atoms with Gasteiger partial charge in [-0.1, -0.05) is 18.5 Å². The summed E-state index contributed by atoms with van der Waals surface area (Å²) in [5, 5.41) is 4.17. The number of likely N-dealkylation sites (N-methyl/N-ethyl adjacent to an activating group) is 1. The summed E-state index contributed by atoms with van der Waals surface area (Å²) < 4.78 is 10.6. The van der Waals surface area contributed by atoms with Gasteiger partial charge >= 0.3 is 0 Å². The highest BCUT2D eigenvalue weighted by Crippen LogP contribution is 2.39. The standard InChI is InChI=1S/C22H26ClN5O3S/c1-5-27-6-8-28(9-7-27)20-17-13(2)19(32-22(17)25-12-24-20)21(29)26-18-15(23)10-14(30-3)11-16(18)31-4/h10-12H,5-9H2,1-4H3,(H,26,29). The fourth-order valence-corrected chi connectivity index (χ4v) is 5.20. The maximum Gasteiger partial charge on any atom is 0.266 e. The van der Waals surface area contributed by atoms with Crippen molar-refractivity contribution < 1.29 is 14.3 Å². The molecule has 0 bridgehead atoms. The van der Waals surface area contributed by atoms with Gasteiger partial charge in [-0.05, 0) is 19.0 Å². The van der Waals surface area contributed by atoms with Crippen LogP contribution in [0.25, 0.3) is 10.2 Å². The fourth-order valence-electron chi connectivity index (χ4n) is 3.91. The summed E-state index contributed by atoms with van der Waals surface area (Å²) in [5.74, 6) is 1.60. The van der Waals surface area contributed by atoms with Gasteiger partial charge in [-0.2, -0.15) is 0 Å². The monoisotopic (exact) mass is 475 g/mol. The van der Waals surface area contributed by atoms with Gasteiger partial charge < -0.3 is 24.6 Å². The number of halogens is 1. The Kier molecular flexibility index (Phi) is 6.68. The first-order valence-electron chi connectivity index (χ1n) is 10.4. The van der Waals surface area contributed by atoms with E-state index in [-0.39, 0.29) is 5.91 Å². The lowest BCUT2D eigenvalue weighted by molar-refractivity contribution is 0.102. The number of hydrogen-bond donors (Lipinski definition) is 1. The topological polar surface area (TPSA) is 79.8 Å². The number of carbonyl (C=O) groups is 1. The second-order valence-corrected chi connectivity index (χ2v) is 8.90. The summed E-state index contributed by atoms with van der Waals surface area (Å²) in [6, 6.07) is 3.32. The number of aromatic nitrogens is 2. The maximum absolute atomic E-state index is 13.2. The number of thiophene rings is 1. The molecule has 170 valence electrons. The molecule has 1 saturated heterocycles. The molecule has 1 amide bonds. The lowest BCUT2D eigenvalue weighted by Crippen LogP contribution is -2.46. The normalized spacial score (nSPS) is 14.6. The van der Waals surface area contributed by atoms with Crippen molar-refractivity contribution in [2.24, 2.45) is 0 Å². The van der Waals surface area contributed by atoms with E-state index in [1.807, 2.05) is 6.92 Å². The number of hydrogen-bond acceptors (Lipinski definition) is 8. The van der Waals surface area contributed by atoms with E-state index >= 15 is 0 Å². The summed E-state index contributed by atoms with van der Waals surface area (Å²) in [7, 11) is 3.07. The Morgan fingerprint density at radius 3 is 2.59 bits per heavy atom. The second kappa shape index (κ2) is 9.48. The molecule has 8 nitrogen and oxygen atoms in total. The zero-order chi connectivity index (χ0) is 22.8. The summed E-state index contributed by atoms with van der Waals surface area (Å²) in [6.45, 7) is 8.95. The van der Waals surface area contributed by atoms with E-state index in [1.54, 1.807) is 25.6 Å². The molecule has 1 aliphatic rings. The minimum Gasteiger partial charge on any atom is -0.497 e. The molecule has 3 aromatic rings. The van der Waals surface area contributed by atoms with Gasteiger partial charge in [-0.15, -0.1) is 11.3 Å². The molecule has 0 aliphatic carbocycles. The predicted octanol–water partition coefficient (Wildman–Crippen LogP) is 4.06. The minimum atomic E-state index is -0.266. The molecular weight excluding hydrogens is 450 g/mol. The van der Waals surface area contributed by atoms with Crippen LogP contribution in [0.4, 0.5) is 11.5 Å². The van der Waals surface area contributed by atoms with E-state index in [0.717, 1.165) is 54.3 Å².